The van der Waals surface area contributed by atoms with Gasteiger partial charge >= 0.3 is 0 Å². The van der Waals surface area contributed by atoms with Crippen molar-refractivity contribution in [3.63, 3.8) is 0 Å². The van der Waals surface area contributed by atoms with Gasteiger partial charge in [0.25, 0.3) is 0 Å². The molecule has 0 aliphatic heterocycles. The molecule has 4 heteroatoms. The number of rotatable bonds is 5. The van der Waals surface area contributed by atoms with E-state index in [-0.39, 0.29) is 0 Å². The lowest BCUT2D eigenvalue weighted by Gasteiger charge is -2.25. The quantitative estimate of drug-likeness (QED) is 0.189. The highest BCUT2D eigenvalue weighted by atomic mass is 127. The van der Waals surface area contributed by atoms with Gasteiger partial charge in [-0.1, -0.05) is 108 Å². The van der Waals surface area contributed by atoms with Crippen LogP contribution in [0, 0.1) is 6.92 Å². The molecule has 132 valence electrons. The Morgan fingerprint density at radius 2 is 1.27 bits per heavy atom. The molecule has 0 atom stereocenters. The van der Waals surface area contributed by atoms with Crippen LogP contribution < -0.4 is 10.6 Å². The second-order valence-electron chi connectivity index (χ2n) is 5.98. The SMILES string of the molecule is Cc1ccccc1/C(=C(\I)CI)P(=O)(c1ccccc1)c1ccccc1. The van der Waals surface area contributed by atoms with Crippen molar-refractivity contribution in [1.82, 2.24) is 0 Å². The third-order valence-electron chi connectivity index (χ3n) is 4.33. The van der Waals surface area contributed by atoms with E-state index in [9.17, 15) is 4.57 Å². The van der Waals surface area contributed by atoms with Gasteiger partial charge in [0.1, 0.15) is 0 Å². The van der Waals surface area contributed by atoms with E-state index in [0.717, 1.165) is 35.1 Å². The summed E-state index contributed by atoms with van der Waals surface area (Å²) < 4.78 is 16.8. The maximum Gasteiger partial charge on any atom is 0.172 e. The zero-order valence-corrected chi connectivity index (χ0v) is 19.6. The van der Waals surface area contributed by atoms with Crippen LogP contribution in [0.15, 0.2) is 88.5 Å². The maximum atomic E-state index is 14.8. The first-order valence-electron chi connectivity index (χ1n) is 8.31. The molecule has 0 heterocycles. The van der Waals surface area contributed by atoms with Crippen LogP contribution in [-0.2, 0) is 4.57 Å². The molecule has 26 heavy (non-hydrogen) atoms. The number of aryl methyl sites for hydroxylation is 1. The van der Waals surface area contributed by atoms with Crippen molar-refractivity contribution in [2.45, 2.75) is 6.92 Å². The minimum Gasteiger partial charge on any atom is -0.309 e. The van der Waals surface area contributed by atoms with Crippen molar-refractivity contribution < 1.29 is 4.57 Å². The summed E-state index contributed by atoms with van der Waals surface area (Å²) in [7, 11) is -2.99. The van der Waals surface area contributed by atoms with E-state index < -0.39 is 7.14 Å². The van der Waals surface area contributed by atoms with Crippen molar-refractivity contribution in [2.24, 2.45) is 0 Å². The normalized spacial score (nSPS) is 12.6. The van der Waals surface area contributed by atoms with Crippen molar-refractivity contribution in [3.05, 3.63) is 99.6 Å². The zero-order chi connectivity index (χ0) is 18.6. The molecule has 0 bridgehead atoms. The van der Waals surface area contributed by atoms with Crippen molar-refractivity contribution in [3.8, 4) is 0 Å². The molecule has 0 saturated carbocycles. The molecule has 0 spiro atoms. The predicted molar refractivity (Wildman–Crippen MR) is 131 cm³/mol. The minimum atomic E-state index is -2.99. The molecule has 0 N–H and O–H groups in total. The number of halogens is 2. The van der Waals surface area contributed by atoms with Gasteiger partial charge in [-0.15, -0.1) is 0 Å². The van der Waals surface area contributed by atoms with Crippen LogP contribution in [0.5, 0.6) is 0 Å². The van der Waals surface area contributed by atoms with E-state index in [1.807, 2.05) is 72.8 Å². The third kappa shape index (κ3) is 3.85. The maximum absolute atomic E-state index is 14.8. The standard InChI is InChI=1S/C22H19I2OP/c1-17-10-8-9-15-20(17)22(21(24)16-23)26(25,18-11-4-2-5-12-18)19-13-6-3-7-14-19/h2-15H,16H2,1H3/b22-21+. The van der Waals surface area contributed by atoms with Crippen LogP contribution in [0.1, 0.15) is 11.1 Å². The van der Waals surface area contributed by atoms with Gasteiger partial charge in [0.2, 0.25) is 0 Å². The topological polar surface area (TPSA) is 17.1 Å². The van der Waals surface area contributed by atoms with Crippen LogP contribution >= 0.6 is 52.3 Å². The Kier molecular flexibility index (Phi) is 6.76. The molecule has 0 radical (unpaired) electrons. The largest absolute Gasteiger partial charge is 0.309 e. The lowest BCUT2D eigenvalue weighted by Crippen LogP contribution is -2.18. The van der Waals surface area contributed by atoms with Crippen molar-refractivity contribution in [2.75, 3.05) is 4.43 Å². The summed E-state index contributed by atoms with van der Waals surface area (Å²) in [5, 5.41) is 2.72. The van der Waals surface area contributed by atoms with Gasteiger partial charge in [-0.25, -0.2) is 0 Å². The summed E-state index contributed by atoms with van der Waals surface area (Å²) in [4.78, 5) is 0. The Labute approximate surface area is 182 Å². The zero-order valence-electron chi connectivity index (χ0n) is 14.4. The predicted octanol–water partition coefficient (Wildman–Crippen LogP) is 6.55. The number of benzene rings is 3. The molecule has 1 nitrogen and oxygen atoms in total. The van der Waals surface area contributed by atoms with E-state index in [4.69, 9.17) is 0 Å². The Morgan fingerprint density at radius 1 is 0.808 bits per heavy atom. The van der Waals surface area contributed by atoms with Gasteiger partial charge in [-0.05, 0) is 40.6 Å². The summed E-state index contributed by atoms with van der Waals surface area (Å²) >= 11 is 4.73. The Bertz CT molecular complexity index is 922. The van der Waals surface area contributed by atoms with Gasteiger partial charge in [0.15, 0.2) is 7.14 Å². The number of alkyl halides is 1. The van der Waals surface area contributed by atoms with E-state index in [1.165, 1.54) is 0 Å². The average Bonchev–Trinajstić information content (AvgIpc) is 2.70. The monoisotopic (exact) mass is 584 g/mol. The van der Waals surface area contributed by atoms with E-state index in [0.29, 0.717) is 0 Å². The molecule has 3 aromatic carbocycles. The molecular formula is C22H19I2OP. The van der Waals surface area contributed by atoms with E-state index in [2.05, 4.69) is 64.2 Å². The fourth-order valence-electron chi connectivity index (χ4n) is 3.07. The van der Waals surface area contributed by atoms with Crippen molar-refractivity contribution >= 4 is 68.2 Å². The minimum absolute atomic E-state index is 0.825. The number of hydrogen-bond donors (Lipinski definition) is 0. The Balaban J connectivity index is 2.40. The Morgan fingerprint density at radius 3 is 1.73 bits per heavy atom. The number of allylic oxidation sites excluding steroid dienone is 1. The van der Waals surface area contributed by atoms with Gasteiger partial charge in [0.05, 0.1) is 0 Å². The molecule has 0 saturated heterocycles. The van der Waals surface area contributed by atoms with Crippen LogP contribution in [0.4, 0.5) is 0 Å². The first kappa shape index (κ1) is 19.8. The lowest BCUT2D eigenvalue weighted by molar-refractivity contribution is 0.593. The van der Waals surface area contributed by atoms with Crippen LogP contribution in [0.2, 0.25) is 0 Å². The fraction of sp³-hybridized carbons (Fsp3) is 0.0909. The molecule has 3 rings (SSSR count). The molecule has 3 aromatic rings. The lowest BCUT2D eigenvalue weighted by atomic mass is 10.1. The van der Waals surface area contributed by atoms with Crippen LogP contribution in [0.25, 0.3) is 5.31 Å². The van der Waals surface area contributed by atoms with Crippen molar-refractivity contribution in [1.29, 1.82) is 0 Å². The van der Waals surface area contributed by atoms with Gasteiger partial charge in [-0.2, -0.15) is 0 Å². The van der Waals surface area contributed by atoms with Gasteiger partial charge in [-0.3, -0.25) is 0 Å². The van der Waals surface area contributed by atoms with E-state index >= 15 is 0 Å². The number of hydrogen-bond acceptors (Lipinski definition) is 1. The van der Waals surface area contributed by atoms with Crippen LogP contribution in [-0.4, -0.2) is 4.43 Å². The first-order valence-corrected chi connectivity index (χ1v) is 12.6. The summed E-state index contributed by atoms with van der Waals surface area (Å²) in [6.07, 6.45) is 0. The highest BCUT2D eigenvalue weighted by Gasteiger charge is 2.35. The second kappa shape index (κ2) is 8.85. The molecular weight excluding hydrogens is 565 g/mol. The first-order chi connectivity index (χ1) is 12.6. The molecule has 0 aliphatic carbocycles. The third-order valence-corrected chi connectivity index (χ3v) is 11.1. The molecule has 0 aromatic heterocycles. The summed E-state index contributed by atoms with van der Waals surface area (Å²) in [6, 6.07) is 28.0. The smallest absolute Gasteiger partial charge is 0.172 e. The van der Waals surface area contributed by atoms with Gasteiger partial charge in [0, 0.05) is 23.9 Å². The van der Waals surface area contributed by atoms with Crippen LogP contribution in [0.3, 0.4) is 0 Å². The average molecular weight is 584 g/mol. The molecule has 0 amide bonds. The second-order valence-corrected chi connectivity index (χ2v) is 10.7. The summed E-state index contributed by atoms with van der Waals surface area (Å²) in [5.74, 6) is 0. The highest BCUT2D eigenvalue weighted by Crippen LogP contribution is 2.59. The highest BCUT2D eigenvalue weighted by molar-refractivity contribution is 14.1. The summed E-state index contributed by atoms with van der Waals surface area (Å²) in [6.45, 7) is 2.09. The van der Waals surface area contributed by atoms with Gasteiger partial charge < -0.3 is 4.57 Å². The molecule has 0 unspecified atom stereocenters. The van der Waals surface area contributed by atoms with E-state index in [1.54, 1.807) is 0 Å². The fourth-order valence-corrected chi connectivity index (χ4v) is 8.07. The molecule has 0 fully saturated rings. The summed E-state index contributed by atoms with van der Waals surface area (Å²) in [5.41, 5.74) is 2.22. The molecule has 0 aliphatic rings. The Hall–Kier alpha value is -0.910.